The van der Waals surface area contributed by atoms with Crippen LogP contribution >= 0.6 is 12.4 Å². The standard InChI is InChI=1S/C8H18N4O2.ClH/c1-14-7(13)6(9)4-2-3-5-12-8(10)11;/h6H,2-5,9H2,1H3,(H4,10,11,12);1H/t6-;/m0./s1. The van der Waals surface area contributed by atoms with Crippen molar-refractivity contribution >= 4 is 24.3 Å². The summed E-state index contributed by atoms with van der Waals surface area (Å²) >= 11 is 0. The molecule has 1 atom stereocenters. The number of rotatable bonds is 6. The van der Waals surface area contributed by atoms with E-state index in [4.69, 9.17) is 17.2 Å². The summed E-state index contributed by atoms with van der Waals surface area (Å²) in [6.45, 7) is 0.566. The molecule has 0 fully saturated rings. The van der Waals surface area contributed by atoms with Gasteiger partial charge in [0.1, 0.15) is 6.04 Å². The molecule has 0 spiro atoms. The largest absolute Gasteiger partial charge is 0.468 e. The quantitative estimate of drug-likeness (QED) is 0.246. The highest BCUT2D eigenvalue weighted by atomic mass is 35.5. The summed E-state index contributed by atoms with van der Waals surface area (Å²) in [5.74, 6) is -0.297. The summed E-state index contributed by atoms with van der Waals surface area (Å²) in [5.41, 5.74) is 15.8. The zero-order valence-corrected chi connectivity index (χ0v) is 9.63. The molecule has 0 heterocycles. The molecular formula is C8H19ClN4O2. The lowest BCUT2D eigenvalue weighted by Crippen LogP contribution is -2.31. The number of unbranched alkanes of at least 4 members (excludes halogenated alkanes) is 1. The topological polar surface area (TPSA) is 117 Å². The molecule has 0 aromatic carbocycles. The number of esters is 1. The van der Waals surface area contributed by atoms with Crippen molar-refractivity contribution in [2.24, 2.45) is 22.2 Å². The van der Waals surface area contributed by atoms with Crippen LogP contribution in [0.15, 0.2) is 4.99 Å². The van der Waals surface area contributed by atoms with Crippen LogP contribution in [-0.4, -0.2) is 31.6 Å². The minimum atomic E-state index is -0.542. The van der Waals surface area contributed by atoms with Crippen molar-refractivity contribution in [1.29, 1.82) is 0 Å². The number of aliphatic imine (C=N–C) groups is 1. The van der Waals surface area contributed by atoms with Crippen LogP contribution < -0.4 is 17.2 Å². The molecule has 0 unspecified atom stereocenters. The van der Waals surface area contributed by atoms with E-state index in [1.165, 1.54) is 7.11 Å². The second-order valence-corrected chi connectivity index (χ2v) is 2.93. The molecule has 0 aromatic rings. The second-order valence-electron chi connectivity index (χ2n) is 2.93. The first-order valence-corrected chi connectivity index (χ1v) is 4.46. The predicted molar refractivity (Wildman–Crippen MR) is 61.8 cm³/mol. The molecule has 0 saturated heterocycles. The highest BCUT2D eigenvalue weighted by molar-refractivity contribution is 5.85. The van der Waals surface area contributed by atoms with Crippen molar-refractivity contribution in [2.75, 3.05) is 13.7 Å². The smallest absolute Gasteiger partial charge is 0.322 e. The molecule has 0 amide bonds. The SMILES string of the molecule is COC(=O)[C@@H](N)CCCCN=C(N)N.Cl. The molecule has 0 bridgehead atoms. The first kappa shape index (κ1) is 16.4. The predicted octanol–water partition coefficient (Wildman–Crippen LogP) is -0.648. The maximum atomic E-state index is 10.9. The van der Waals surface area contributed by atoms with Gasteiger partial charge in [-0.15, -0.1) is 12.4 Å². The highest BCUT2D eigenvalue weighted by Crippen LogP contribution is 2.00. The van der Waals surface area contributed by atoms with Crippen molar-refractivity contribution in [3.63, 3.8) is 0 Å². The number of guanidine groups is 1. The normalized spacial score (nSPS) is 11.1. The first-order chi connectivity index (χ1) is 6.57. The van der Waals surface area contributed by atoms with Crippen LogP contribution in [0.3, 0.4) is 0 Å². The number of methoxy groups -OCH3 is 1. The number of carbonyl (C=O) groups is 1. The van der Waals surface area contributed by atoms with Gasteiger partial charge in [0, 0.05) is 6.54 Å². The Kier molecular flexibility index (Phi) is 10.4. The van der Waals surface area contributed by atoms with E-state index < -0.39 is 6.04 Å². The van der Waals surface area contributed by atoms with E-state index in [0.717, 1.165) is 12.8 Å². The summed E-state index contributed by atoms with van der Waals surface area (Å²) in [5, 5.41) is 0. The van der Waals surface area contributed by atoms with Gasteiger partial charge in [-0.3, -0.25) is 9.79 Å². The Morgan fingerprint density at radius 2 is 2.00 bits per heavy atom. The van der Waals surface area contributed by atoms with Crippen LogP contribution in [0.2, 0.25) is 0 Å². The average molecular weight is 239 g/mol. The molecule has 0 saturated carbocycles. The molecule has 0 radical (unpaired) electrons. The van der Waals surface area contributed by atoms with Crippen molar-refractivity contribution in [3.8, 4) is 0 Å². The average Bonchev–Trinajstić information content (AvgIpc) is 2.15. The Labute approximate surface area is 95.6 Å². The van der Waals surface area contributed by atoms with Gasteiger partial charge in [-0.1, -0.05) is 0 Å². The Morgan fingerprint density at radius 1 is 1.40 bits per heavy atom. The number of hydrogen-bond acceptors (Lipinski definition) is 4. The van der Waals surface area contributed by atoms with Crippen LogP contribution in [0.25, 0.3) is 0 Å². The minimum absolute atomic E-state index is 0. The molecule has 0 aliphatic rings. The summed E-state index contributed by atoms with van der Waals surface area (Å²) in [6.07, 6.45) is 2.20. The number of halogens is 1. The molecule has 90 valence electrons. The lowest BCUT2D eigenvalue weighted by Gasteiger charge is -2.07. The van der Waals surface area contributed by atoms with Crippen LogP contribution in [0, 0.1) is 0 Å². The van der Waals surface area contributed by atoms with Crippen LogP contribution in [0.5, 0.6) is 0 Å². The van der Waals surface area contributed by atoms with Gasteiger partial charge in [0.25, 0.3) is 0 Å². The Hall–Kier alpha value is -1.01. The third-order valence-corrected chi connectivity index (χ3v) is 1.72. The third-order valence-electron chi connectivity index (χ3n) is 1.72. The van der Waals surface area contributed by atoms with Gasteiger partial charge in [0.05, 0.1) is 7.11 Å². The van der Waals surface area contributed by atoms with Crippen molar-refractivity contribution in [2.45, 2.75) is 25.3 Å². The summed E-state index contributed by atoms with van der Waals surface area (Å²) in [4.78, 5) is 14.7. The number of hydrogen-bond donors (Lipinski definition) is 3. The number of nitrogens with zero attached hydrogens (tertiary/aromatic N) is 1. The summed E-state index contributed by atoms with van der Waals surface area (Å²) in [7, 11) is 1.32. The number of ether oxygens (including phenoxy) is 1. The van der Waals surface area contributed by atoms with Gasteiger partial charge in [0.15, 0.2) is 5.96 Å². The van der Waals surface area contributed by atoms with Gasteiger partial charge in [-0.05, 0) is 19.3 Å². The third kappa shape index (κ3) is 9.30. The maximum Gasteiger partial charge on any atom is 0.322 e. The van der Waals surface area contributed by atoms with Gasteiger partial charge in [0.2, 0.25) is 0 Å². The molecule has 0 aromatic heterocycles. The van der Waals surface area contributed by atoms with Crippen LogP contribution in [0.1, 0.15) is 19.3 Å². The van der Waals surface area contributed by atoms with Gasteiger partial charge in [-0.25, -0.2) is 0 Å². The zero-order valence-electron chi connectivity index (χ0n) is 8.81. The first-order valence-electron chi connectivity index (χ1n) is 4.46. The molecule has 0 rings (SSSR count). The fourth-order valence-electron chi connectivity index (χ4n) is 0.953. The van der Waals surface area contributed by atoms with Crippen molar-refractivity contribution in [3.05, 3.63) is 0 Å². The Morgan fingerprint density at radius 3 is 2.47 bits per heavy atom. The molecule has 15 heavy (non-hydrogen) atoms. The van der Waals surface area contributed by atoms with E-state index in [2.05, 4.69) is 9.73 Å². The summed E-state index contributed by atoms with van der Waals surface area (Å²) < 4.78 is 4.48. The zero-order chi connectivity index (χ0) is 11.0. The van der Waals surface area contributed by atoms with Gasteiger partial charge >= 0.3 is 5.97 Å². The minimum Gasteiger partial charge on any atom is -0.468 e. The lowest BCUT2D eigenvalue weighted by molar-refractivity contribution is -0.142. The van der Waals surface area contributed by atoms with Crippen LogP contribution in [-0.2, 0) is 9.53 Å². The van der Waals surface area contributed by atoms with Crippen molar-refractivity contribution < 1.29 is 9.53 Å². The van der Waals surface area contributed by atoms with E-state index in [1.54, 1.807) is 0 Å². The van der Waals surface area contributed by atoms with Gasteiger partial charge in [-0.2, -0.15) is 0 Å². The van der Waals surface area contributed by atoms with E-state index in [-0.39, 0.29) is 24.3 Å². The van der Waals surface area contributed by atoms with Crippen LogP contribution in [0.4, 0.5) is 0 Å². The molecule has 0 aliphatic carbocycles. The number of carbonyl (C=O) groups excluding carboxylic acids is 1. The van der Waals surface area contributed by atoms with E-state index in [9.17, 15) is 4.79 Å². The maximum absolute atomic E-state index is 10.9. The van der Waals surface area contributed by atoms with Gasteiger partial charge < -0.3 is 21.9 Å². The molecule has 6 N–H and O–H groups in total. The fourth-order valence-corrected chi connectivity index (χ4v) is 0.953. The lowest BCUT2D eigenvalue weighted by atomic mass is 10.1. The van der Waals surface area contributed by atoms with E-state index in [1.807, 2.05) is 0 Å². The Balaban J connectivity index is 0. The molecule has 0 aliphatic heterocycles. The monoisotopic (exact) mass is 238 g/mol. The molecule has 6 nitrogen and oxygen atoms in total. The second kappa shape index (κ2) is 9.54. The van der Waals surface area contributed by atoms with E-state index >= 15 is 0 Å². The number of nitrogens with two attached hydrogens (primary N) is 3. The van der Waals surface area contributed by atoms with Crippen molar-refractivity contribution in [1.82, 2.24) is 0 Å². The Bertz CT molecular complexity index is 207. The molecular weight excluding hydrogens is 220 g/mol. The van der Waals surface area contributed by atoms with E-state index in [0.29, 0.717) is 13.0 Å². The summed E-state index contributed by atoms with van der Waals surface area (Å²) in [6, 6.07) is -0.542. The highest BCUT2D eigenvalue weighted by Gasteiger charge is 2.12. The molecule has 7 heteroatoms. The fraction of sp³-hybridized carbons (Fsp3) is 0.750.